The summed E-state index contributed by atoms with van der Waals surface area (Å²) in [5.74, 6) is -0.280. The van der Waals surface area contributed by atoms with E-state index in [9.17, 15) is 4.79 Å². The maximum atomic E-state index is 11.9. The Morgan fingerprint density at radius 3 is 2.94 bits per heavy atom. The zero-order chi connectivity index (χ0) is 12.4. The number of carbonyl (C=O) groups excluding carboxylic acids is 1. The molecule has 0 unspecified atom stereocenters. The summed E-state index contributed by atoms with van der Waals surface area (Å²) < 4.78 is 0.737. The van der Waals surface area contributed by atoms with Crippen molar-refractivity contribution < 1.29 is 4.79 Å². The van der Waals surface area contributed by atoms with Crippen LogP contribution < -0.4 is 5.32 Å². The third kappa shape index (κ3) is 2.65. The number of nitrogens with zero attached hydrogens (tertiary/aromatic N) is 2. The van der Waals surface area contributed by atoms with Crippen LogP contribution in [0.2, 0.25) is 5.15 Å². The van der Waals surface area contributed by atoms with E-state index in [1.54, 1.807) is 19.2 Å². The molecule has 2 rings (SSSR count). The molecular weight excluding hydrogens is 307 g/mol. The number of aromatic amines is 1. The van der Waals surface area contributed by atoms with Gasteiger partial charge in [-0.1, -0.05) is 11.6 Å². The van der Waals surface area contributed by atoms with Crippen LogP contribution in [0, 0.1) is 6.92 Å². The van der Waals surface area contributed by atoms with Crippen molar-refractivity contribution in [1.82, 2.24) is 15.2 Å². The first kappa shape index (κ1) is 12.1. The number of hydrogen-bond acceptors (Lipinski definition) is 3. The van der Waals surface area contributed by atoms with E-state index in [0.29, 0.717) is 16.9 Å². The van der Waals surface area contributed by atoms with Gasteiger partial charge in [0, 0.05) is 16.4 Å². The number of nitrogens with one attached hydrogen (secondary N) is 2. The van der Waals surface area contributed by atoms with Crippen molar-refractivity contribution in [3.05, 3.63) is 39.3 Å². The van der Waals surface area contributed by atoms with Crippen LogP contribution in [0.4, 0.5) is 5.69 Å². The van der Waals surface area contributed by atoms with Gasteiger partial charge in [-0.25, -0.2) is 4.98 Å². The van der Waals surface area contributed by atoms with Crippen molar-refractivity contribution in [2.45, 2.75) is 6.92 Å². The molecule has 0 aliphatic carbocycles. The predicted molar refractivity (Wildman–Crippen MR) is 68.2 cm³/mol. The average molecular weight is 316 g/mol. The highest BCUT2D eigenvalue weighted by molar-refractivity contribution is 9.10. The van der Waals surface area contributed by atoms with E-state index in [2.05, 4.69) is 36.4 Å². The Morgan fingerprint density at radius 1 is 1.53 bits per heavy atom. The topological polar surface area (TPSA) is 70.7 Å². The number of anilines is 1. The monoisotopic (exact) mass is 314 g/mol. The van der Waals surface area contributed by atoms with Gasteiger partial charge in [-0.3, -0.25) is 9.89 Å². The molecule has 0 fully saturated rings. The van der Waals surface area contributed by atoms with Gasteiger partial charge in [0.15, 0.2) is 5.15 Å². The zero-order valence-electron chi connectivity index (χ0n) is 8.79. The summed E-state index contributed by atoms with van der Waals surface area (Å²) >= 11 is 9.13. The molecule has 2 heterocycles. The second kappa shape index (κ2) is 4.85. The summed E-state index contributed by atoms with van der Waals surface area (Å²) in [4.78, 5) is 15.8. The van der Waals surface area contributed by atoms with E-state index in [-0.39, 0.29) is 11.1 Å². The van der Waals surface area contributed by atoms with E-state index in [1.807, 2.05) is 0 Å². The molecule has 0 spiro atoms. The van der Waals surface area contributed by atoms with Crippen molar-refractivity contribution >= 4 is 39.1 Å². The molecule has 88 valence electrons. The summed E-state index contributed by atoms with van der Waals surface area (Å²) in [5, 5.41) is 9.38. The summed E-state index contributed by atoms with van der Waals surface area (Å²) in [5.41, 5.74) is 1.62. The van der Waals surface area contributed by atoms with Crippen molar-refractivity contribution in [2.75, 3.05) is 5.32 Å². The number of pyridine rings is 1. The zero-order valence-corrected chi connectivity index (χ0v) is 11.1. The molecule has 17 heavy (non-hydrogen) atoms. The molecule has 0 atom stereocenters. The Balaban J connectivity index is 2.24. The van der Waals surface area contributed by atoms with Crippen LogP contribution in [-0.2, 0) is 0 Å². The number of H-pyrrole nitrogens is 1. The Hall–Kier alpha value is -1.40. The van der Waals surface area contributed by atoms with Gasteiger partial charge in [0.2, 0.25) is 0 Å². The number of hydrogen-bond donors (Lipinski definition) is 2. The second-order valence-corrected chi connectivity index (χ2v) is 4.63. The lowest BCUT2D eigenvalue weighted by Crippen LogP contribution is -2.13. The Bertz CT molecular complexity index is 569. The van der Waals surface area contributed by atoms with Crippen molar-refractivity contribution in [3.8, 4) is 0 Å². The number of aryl methyl sites for hydroxylation is 1. The van der Waals surface area contributed by atoms with Crippen LogP contribution in [0.25, 0.3) is 0 Å². The van der Waals surface area contributed by atoms with Crippen LogP contribution in [0.5, 0.6) is 0 Å². The highest BCUT2D eigenvalue weighted by atomic mass is 79.9. The van der Waals surface area contributed by atoms with Gasteiger partial charge in [0.05, 0.1) is 17.4 Å². The minimum Gasteiger partial charge on any atom is -0.319 e. The number of carbonyl (C=O) groups is 1. The molecule has 0 radical (unpaired) electrons. The first-order chi connectivity index (χ1) is 8.08. The summed E-state index contributed by atoms with van der Waals surface area (Å²) in [6.45, 7) is 1.77. The SMILES string of the molecule is Cc1[nH]ncc1C(=O)Nc1cc(Br)cnc1Cl. The Labute approximate surface area is 111 Å². The van der Waals surface area contributed by atoms with E-state index in [4.69, 9.17) is 11.6 Å². The van der Waals surface area contributed by atoms with Gasteiger partial charge >= 0.3 is 0 Å². The molecule has 0 bridgehead atoms. The largest absolute Gasteiger partial charge is 0.319 e. The fourth-order valence-corrected chi connectivity index (χ4v) is 1.76. The molecule has 5 nitrogen and oxygen atoms in total. The lowest BCUT2D eigenvalue weighted by Gasteiger charge is -2.06. The summed E-state index contributed by atoms with van der Waals surface area (Å²) in [6, 6.07) is 1.68. The molecule has 1 amide bonds. The highest BCUT2D eigenvalue weighted by Gasteiger charge is 2.13. The van der Waals surface area contributed by atoms with E-state index < -0.39 is 0 Å². The second-order valence-electron chi connectivity index (χ2n) is 3.35. The first-order valence-electron chi connectivity index (χ1n) is 4.70. The molecule has 2 aromatic rings. The molecule has 2 aromatic heterocycles. The molecule has 0 saturated carbocycles. The Morgan fingerprint density at radius 2 is 2.29 bits per heavy atom. The van der Waals surface area contributed by atoms with Gasteiger partial charge < -0.3 is 5.32 Å². The highest BCUT2D eigenvalue weighted by Crippen LogP contribution is 2.23. The molecule has 7 heteroatoms. The lowest BCUT2D eigenvalue weighted by molar-refractivity contribution is 0.102. The minimum absolute atomic E-state index is 0.239. The Kier molecular flexibility index (Phi) is 3.44. The quantitative estimate of drug-likeness (QED) is 0.837. The third-order valence-electron chi connectivity index (χ3n) is 2.13. The molecular formula is C10H8BrClN4O. The maximum Gasteiger partial charge on any atom is 0.259 e. The van der Waals surface area contributed by atoms with Crippen molar-refractivity contribution in [3.63, 3.8) is 0 Å². The van der Waals surface area contributed by atoms with Crippen LogP contribution in [0.1, 0.15) is 16.1 Å². The smallest absolute Gasteiger partial charge is 0.259 e. The predicted octanol–water partition coefficient (Wildman–Crippen LogP) is 2.78. The van der Waals surface area contributed by atoms with Gasteiger partial charge in [-0.2, -0.15) is 5.10 Å². The fraction of sp³-hybridized carbons (Fsp3) is 0.100. The van der Waals surface area contributed by atoms with Crippen LogP contribution in [0.15, 0.2) is 22.9 Å². The molecule has 0 aliphatic heterocycles. The summed E-state index contributed by atoms with van der Waals surface area (Å²) in [6.07, 6.45) is 3.02. The summed E-state index contributed by atoms with van der Waals surface area (Å²) in [7, 11) is 0. The van der Waals surface area contributed by atoms with E-state index in [1.165, 1.54) is 6.20 Å². The van der Waals surface area contributed by atoms with Crippen LogP contribution >= 0.6 is 27.5 Å². The molecule has 0 aliphatic rings. The van der Waals surface area contributed by atoms with E-state index >= 15 is 0 Å². The minimum atomic E-state index is -0.280. The van der Waals surface area contributed by atoms with Crippen molar-refractivity contribution in [2.24, 2.45) is 0 Å². The molecule has 0 aromatic carbocycles. The average Bonchev–Trinajstić information content (AvgIpc) is 2.70. The maximum absolute atomic E-state index is 11.9. The lowest BCUT2D eigenvalue weighted by atomic mass is 10.2. The van der Waals surface area contributed by atoms with Gasteiger partial charge in [-0.15, -0.1) is 0 Å². The molecule has 2 N–H and O–H groups in total. The van der Waals surface area contributed by atoms with Gasteiger partial charge in [0.1, 0.15) is 0 Å². The van der Waals surface area contributed by atoms with E-state index in [0.717, 1.165) is 4.47 Å². The van der Waals surface area contributed by atoms with Gasteiger partial charge in [0.25, 0.3) is 5.91 Å². The van der Waals surface area contributed by atoms with Gasteiger partial charge in [-0.05, 0) is 28.9 Å². The standard InChI is InChI=1S/C10H8BrClN4O/c1-5-7(4-14-16-5)10(17)15-8-2-6(11)3-13-9(8)12/h2-4H,1H3,(H,14,16)(H,15,17). The fourth-order valence-electron chi connectivity index (χ4n) is 1.28. The first-order valence-corrected chi connectivity index (χ1v) is 5.87. The van der Waals surface area contributed by atoms with Crippen LogP contribution in [-0.4, -0.2) is 21.1 Å². The number of amides is 1. The third-order valence-corrected chi connectivity index (χ3v) is 2.86. The molecule has 0 saturated heterocycles. The number of rotatable bonds is 2. The van der Waals surface area contributed by atoms with Crippen LogP contribution in [0.3, 0.4) is 0 Å². The number of aromatic nitrogens is 3. The number of halogens is 2. The normalized spacial score (nSPS) is 10.3. The van der Waals surface area contributed by atoms with Crippen molar-refractivity contribution in [1.29, 1.82) is 0 Å².